The SMILES string of the molecule is O=C1c2ccc(O)cc2[C@@]23CCCC[C@H]2[C@H]1N(CCF)CC3. The number of alkyl halides is 1. The van der Waals surface area contributed by atoms with Crippen molar-refractivity contribution in [1.82, 2.24) is 4.90 Å². The summed E-state index contributed by atoms with van der Waals surface area (Å²) in [5, 5.41) is 9.92. The van der Waals surface area contributed by atoms with E-state index in [2.05, 4.69) is 4.90 Å². The number of aromatic hydroxyl groups is 1. The summed E-state index contributed by atoms with van der Waals surface area (Å²) in [5.41, 5.74) is 1.82. The van der Waals surface area contributed by atoms with Crippen LogP contribution in [0.1, 0.15) is 48.0 Å². The third kappa shape index (κ3) is 1.79. The minimum atomic E-state index is -0.397. The van der Waals surface area contributed by atoms with Crippen LogP contribution in [0, 0.1) is 5.92 Å². The van der Waals surface area contributed by atoms with Gasteiger partial charge in [0.05, 0.1) is 6.04 Å². The van der Waals surface area contributed by atoms with Crippen molar-refractivity contribution in [2.45, 2.75) is 43.6 Å². The fraction of sp³-hybridized carbons (Fsp3) is 0.611. The summed E-state index contributed by atoms with van der Waals surface area (Å²) in [6.07, 6.45) is 5.41. The Bertz CT molecular complexity index is 617. The van der Waals surface area contributed by atoms with Gasteiger partial charge < -0.3 is 5.11 Å². The first kappa shape index (κ1) is 14.2. The summed E-state index contributed by atoms with van der Waals surface area (Å²) < 4.78 is 12.9. The minimum Gasteiger partial charge on any atom is -0.508 e. The van der Waals surface area contributed by atoms with Crippen LogP contribution in [-0.2, 0) is 5.41 Å². The molecule has 2 bridgehead atoms. The molecule has 1 aromatic rings. The van der Waals surface area contributed by atoms with E-state index in [4.69, 9.17) is 0 Å². The molecular weight excluding hydrogens is 281 g/mol. The number of phenols is 1. The number of hydrogen-bond donors (Lipinski definition) is 1. The van der Waals surface area contributed by atoms with E-state index >= 15 is 0 Å². The lowest BCUT2D eigenvalue weighted by Gasteiger charge is -2.58. The maximum Gasteiger partial charge on any atom is 0.180 e. The molecule has 0 amide bonds. The highest BCUT2D eigenvalue weighted by atomic mass is 19.1. The summed E-state index contributed by atoms with van der Waals surface area (Å²) in [6.45, 7) is 0.744. The molecule has 118 valence electrons. The number of halogens is 1. The van der Waals surface area contributed by atoms with Crippen LogP contribution in [0.25, 0.3) is 0 Å². The van der Waals surface area contributed by atoms with Gasteiger partial charge in [0.25, 0.3) is 0 Å². The Labute approximate surface area is 130 Å². The Morgan fingerprint density at radius 2 is 2.18 bits per heavy atom. The standard InChI is InChI=1S/C18H22FNO2/c19-8-10-20-9-7-18-6-2-1-3-14(18)16(20)17(22)13-5-4-12(21)11-15(13)18/h4-5,11,14,16,21H,1-3,6-10H2/t14-,16+,18+/m0/s1. The van der Waals surface area contributed by atoms with Crippen LogP contribution in [-0.4, -0.2) is 41.6 Å². The molecule has 1 saturated heterocycles. The van der Waals surface area contributed by atoms with Gasteiger partial charge in [-0.25, -0.2) is 4.39 Å². The molecule has 22 heavy (non-hydrogen) atoms. The van der Waals surface area contributed by atoms with E-state index in [9.17, 15) is 14.3 Å². The van der Waals surface area contributed by atoms with Gasteiger partial charge in [0.1, 0.15) is 12.4 Å². The monoisotopic (exact) mass is 303 g/mol. The molecule has 1 aliphatic heterocycles. The number of piperidine rings is 1. The van der Waals surface area contributed by atoms with Gasteiger partial charge in [-0.3, -0.25) is 9.69 Å². The zero-order chi connectivity index (χ0) is 15.3. The van der Waals surface area contributed by atoms with E-state index in [1.165, 1.54) is 6.42 Å². The number of fused-ring (bicyclic) bond motifs is 1. The summed E-state index contributed by atoms with van der Waals surface area (Å²) >= 11 is 0. The highest BCUT2D eigenvalue weighted by Crippen LogP contribution is 2.56. The maximum absolute atomic E-state index is 13.0. The molecule has 2 fully saturated rings. The van der Waals surface area contributed by atoms with Gasteiger partial charge in [0, 0.05) is 17.5 Å². The third-order valence-corrected chi connectivity index (χ3v) is 6.16. The molecule has 1 N–H and O–H groups in total. The van der Waals surface area contributed by atoms with Gasteiger partial charge in [-0.1, -0.05) is 12.8 Å². The van der Waals surface area contributed by atoms with E-state index in [-0.39, 0.29) is 28.9 Å². The van der Waals surface area contributed by atoms with Gasteiger partial charge in [-0.05, 0) is 55.5 Å². The smallest absolute Gasteiger partial charge is 0.180 e. The number of benzene rings is 1. The van der Waals surface area contributed by atoms with Gasteiger partial charge in [-0.2, -0.15) is 0 Å². The van der Waals surface area contributed by atoms with Crippen molar-refractivity contribution in [2.24, 2.45) is 5.92 Å². The Morgan fingerprint density at radius 3 is 3.00 bits per heavy atom. The maximum atomic E-state index is 13.0. The van der Waals surface area contributed by atoms with Crippen LogP contribution < -0.4 is 0 Å². The van der Waals surface area contributed by atoms with Gasteiger partial charge in [0.2, 0.25) is 0 Å². The summed E-state index contributed by atoms with van der Waals surface area (Å²) in [5.74, 6) is 0.656. The zero-order valence-corrected chi connectivity index (χ0v) is 12.7. The van der Waals surface area contributed by atoms with Crippen molar-refractivity contribution in [3.63, 3.8) is 0 Å². The molecule has 1 aromatic carbocycles. The number of likely N-dealkylation sites (tertiary alicyclic amines) is 1. The molecule has 0 unspecified atom stereocenters. The van der Waals surface area contributed by atoms with E-state index in [1.807, 2.05) is 6.07 Å². The normalized spacial score (nSPS) is 34.1. The number of Topliss-reactive ketones (excluding diaryl/α,β-unsaturated/α-hetero) is 1. The largest absolute Gasteiger partial charge is 0.508 e. The van der Waals surface area contributed by atoms with Crippen LogP contribution in [0.15, 0.2) is 18.2 Å². The molecule has 3 nitrogen and oxygen atoms in total. The highest BCUT2D eigenvalue weighted by Gasteiger charge is 2.56. The topological polar surface area (TPSA) is 40.5 Å². The molecule has 0 spiro atoms. The van der Waals surface area contributed by atoms with Crippen LogP contribution >= 0.6 is 0 Å². The van der Waals surface area contributed by atoms with Gasteiger partial charge in [0.15, 0.2) is 5.78 Å². The van der Waals surface area contributed by atoms with E-state index in [1.54, 1.807) is 12.1 Å². The second-order valence-corrected chi connectivity index (χ2v) is 7.02. The Hall–Kier alpha value is -1.42. The lowest BCUT2D eigenvalue weighted by molar-refractivity contribution is -0.00445. The molecule has 4 heteroatoms. The van der Waals surface area contributed by atoms with Crippen LogP contribution in [0.4, 0.5) is 4.39 Å². The summed E-state index contributed by atoms with van der Waals surface area (Å²) in [6, 6.07) is 5.02. The molecule has 1 saturated carbocycles. The Kier molecular flexibility index (Phi) is 3.26. The van der Waals surface area contributed by atoms with Gasteiger partial charge in [-0.15, -0.1) is 0 Å². The second-order valence-electron chi connectivity index (χ2n) is 7.02. The second kappa shape index (κ2) is 5.05. The lowest BCUT2D eigenvalue weighted by Crippen LogP contribution is -2.63. The summed E-state index contributed by atoms with van der Waals surface area (Å²) in [4.78, 5) is 15.1. The highest BCUT2D eigenvalue weighted by molar-refractivity contribution is 6.03. The lowest BCUT2D eigenvalue weighted by atomic mass is 9.52. The Balaban J connectivity index is 1.89. The number of carbonyl (C=O) groups excluding carboxylic acids is 1. The predicted octanol–water partition coefficient (Wildman–Crippen LogP) is 3.06. The average Bonchev–Trinajstić information content (AvgIpc) is 2.53. The van der Waals surface area contributed by atoms with Crippen molar-refractivity contribution in [1.29, 1.82) is 0 Å². The minimum absolute atomic E-state index is 0.0116. The molecule has 3 atom stereocenters. The average molecular weight is 303 g/mol. The zero-order valence-electron chi connectivity index (χ0n) is 12.7. The van der Waals surface area contributed by atoms with E-state index in [0.29, 0.717) is 6.54 Å². The molecule has 2 aliphatic carbocycles. The number of phenolic OH excluding ortho intramolecular Hbond substituents is 1. The van der Waals surface area contributed by atoms with Crippen LogP contribution in [0.5, 0.6) is 5.75 Å². The van der Waals surface area contributed by atoms with Crippen molar-refractivity contribution in [3.8, 4) is 5.75 Å². The van der Waals surface area contributed by atoms with E-state index in [0.717, 1.165) is 43.4 Å². The van der Waals surface area contributed by atoms with Crippen molar-refractivity contribution >= 4 is 5.78 Å². The first-order chi connectivity index (χ1) is 10.7. The van der Waals surface area contributed by atoms with Crippen LogP contribution in [0.2, 0.25) is 0 Å². The Morgan fingerprint density at radius 1 is 1.32 bits per heavy atom. The van der Waals surface area contributed by atoms with Crippen LogP contribution in [0.3, 0.4) is 0 Å². The molecule has 3 aliphatic rings. The first-order valence-corrected chi connectivity index (χ1v) is 8.35. The number of carbonyl (C=O) groups is 1. The summed E-state index contributed by atoms with van der Waals surface area (Å²) in [7, 11) is 0. The quantitative estimate of drug-likeness (QED) is 0.913. The molecule has 0 radical (unpaired) electrons. The molecule has 1 heterocycles. The van der Waals surface area contributed by atoms with E-state index < -0.39 is 6.67 Å². The fourth-order valence-corrected chi connectivity index (χ4v) is 5.27. The predicted molar refractivity (Wildman–Crippen MR) is 82.0 cm³/mol. The molecular formula is C18H22FNO2. The van der Waals surface area contributed by atoms with Crippen molar-refractivity contribution < 1.29 is 14.3 Å². The van der Waals surface area contributed by atoms with Crippen molar-refractivity contribution in [3.05, 3.63) is 29.3 Å². The molecule has 4 rings (SSSR count). The first-order valence-electron chi connectivity index (χ1n) is 8.35. The number of nitrogens with zero attached hydrogens (tertiary/aromatic N) is 1. The fourth-order valence-electron chi connectivity index (χ4n) is 5.27. The number of ketones is 1. The number of hydrogen-bond acceptors (Lipinski definition) is 3. The molecule has 0 aromatic heterocycles. The third-order valence-electron chi connectivity index (χ3n) is 6.16. The van der Waals surface area contributed by atoms with Gasteiger partial charge >= 0.3 is 0 Å². The number of rotatable bonds is 2. The van der Waals surface area contributed by atoms with Crippen molar-refractivity contribution in [2.75, 3.05) is 19.8 Å².